The zero-order valence-corrected chi connectivity index (χ0v) is 14.3. The molecule has 0 aliphatic carbocycles. The zero-order chi connectivity index (χ0) is 16.9. The van der Waals surface area contributed by atoms with Crippen LogP contribution in [0.15, 0.2) is 55.0 Å². The smallest absolute Gasteiger partial charge is 0.254 e. The van der Waals surface area contributed by atoms with Crippen molar-refractivity contribution in [2.45, 2.75) is 13.5 Å². The average Bonchev–Trinajstić information content (AvgIpc) is 3.00. The Morgan fingerprint density at radius 2 is 2.00 bits per heavy atom. The maximum Gasteiger partial charge on any atom is 0.254 e. The molecule has 0 atom stereocenters. The molecule has 24 heavy (non-hydrogen) atoms. The Morgan fingerprint density at radius 3 is 2.71 bits per heavy atom. The standard InChI is InChI=1S/C18H17N3O2S/c1-13-20-11-17(24-13)12-21(2)18(22)14-4-3-5-16(10-14)23-15-6-8-19-9-7-15/h3-11H,12H2,1-2H3. The van der Waals surface area contributed by atoms with Crippen molar-refractivity contribution in [1.29, 1.82) is 0 Å². The normalized spacial score (nSPS) is 10.4. The van der Waals surface area contributed by atoms with E-state index in [1.807, 2.05) is 25.3 Å². The van der Waals surface area contributed by atoms with Crippen LogP contribution < -0.4 is 4.74 Å². The number of rotatable bonds is 5. The van der Waals surface area contributed by atoms with Crippen LogP contribution in [0.25, 0.3) is 0 Å². The van der Waals surface area contributed by atoms with Gasteiger partial charge in [0.25, 0.3) is 5.91 Å². The molecular weight excluding hydrogens is 322 g/mol. The first-order valence-corrected chi connectivity index (χ1v) is 8.28. The van der Waals surface area contributed by atoms with Crippen LogP contribution in [-0.2, 0) is 6.54 Å². The van der Waals surface area contributed by atoms with Crippen LogP contribution in [0, 0.1) is 6.92 Å². The Hall–Kier alpha value is -2.73. The molecule has 3 rings (SSSR count). The van der Waals surface area contributed by atoms with Crippen molar-refractivity contribution < 1.29 is 9.53 Å². The molecule has 2 aromatic heterocycles. The molecule has 0 fully saturated rings. The van der Waals surface area contributed by atoms with E-state index in [1.165, 1.54) is 0 Å². The van der Waals surface area contributed by atoms with E-state index in [0.29, 0.717) is 23.6 Å². The van der Waals surface area contributed by atoms with Gasteiger partial charge in [0.05, 0.1) is 11.6 Å². The van der Waals surface area contributed by atoms with Gasteiger partial charge in [0.15, 0.2) is 0 Å². The first-order chi connectivity index (χ1) is 11.6. The highest BCUT2D eigenvalue weighted by atomic mass is 32.1. The molecule has 0 aliphatic heterocycles. The lowest BCUT2D eigenvalue weighted by atomic mass is 10.2. The number of hydrogen-bond donors (Lipinski definition) is 0. The van der Waals surface area contributed by atoms with Gasteiger partial charge in [-0.25, -0.2) is 4.98 Å². The molecule has 3 aromatic rings. The molecule has 0 saturated heterocycles. The van der Waals surface area contributed by atoms with E-state index in [1.54, 1.807) is 59.9 Å². The molecule has 122 valence electrons. The number of ether oxygens (including phenoxy) is 1. The fourth-order valence-electron chi connectivity index (χ4n) is 2.24. The lowest BCUT2D eigenvalue weighted by molar-refractivity contribution is 0.0786. The molecule has 2 heterocycles. The van der Waals surface area contributed by atoms with Gasteiger partial charge >= 0.3 is 0 Å². The molecule has 0 bridgehead atoms. The summed E-state index contributed by atoms with van der Waals surface area (Å²) in [6.07, 6.45) is 5.14. The molecule has 0 radical (unpaired) electrons. The molecule has 0 unspecified atom stereocenters. The third-order valence-electron chi connectivity index (χ3n) is 3.38. The van der Waals surface area contributed by atoms with Crippen molar-refractivity contribution in [2.75, 3.05) is 7.05 Å². The molecule has 1 amide bonds. The second-order valence-electron chi connectivity index (χ2n) is 5.32. The van der Waals surface area contributed by atoms with Crippen molar-refractivity contribution in [3.05, 3.63) is 70.4 Å². The van der Waals surface area contributed by atoms with Crippen molar-refractivity contribution in [3.8, 4) is 11.5 Å². The maximum absolute atomic E-state index is 12.6. The minimum atomic E-state index is -0.0544. The van der Waals surface area contributed by atoms with Crippen molar-refractivity contribution in [2.24, 2.45) is 0 Å². The van der Waals surface area contributed by atoms with Crippen LogP contribution in [0.1, 0.15) is 20.2 Å². The van der Waals surface area contributed by atoms with Crippen LogP contribution in [0.5, 0.6) is 11.5 Å². The summed E-state index contributed by atoms with van der Waals surface area (Å²) in [5, 5.41) is 0.999. The van der Waals surface area contributed by atoms with Gasteiger partial charge in [-0.15, -0.1) is 11.3 Å². The Labute approximate surface area is 144 Å². The van der Waals surface area contributed by atoms with E-state index in [-0.39, 0.29) is 5.91 Å². The second kappa shape index (κ2) is 7.23. The van der Waals surface area contributed by atoms with Gasteiger partial charge in [-0.3, -0.25) is 9.78 Å². The number of amides is 1. The van der Waals surface area contributed by atoms with Crippen molar-refractivity contribution >= 4 is 17.2 Å². The largest absolute Gasteiger partial charge is 0.457 e. The molecule has 0 aliphatic rings. The minimum Gasteiger partial charge on any atom is -0.457 e. The quantitative estimate of drug-likeness (QED) is 0.707. The Bertz CT molecular complexity index is 833. The minimum absolute atomic E-state index is 0.0544. The summed E-state index contributed by atoms with van der Waals surface area (Å²) in [6.45, 7) is 2.50. The van der Waals surface area contributed by atoms with E-state index >= 15 is 0 Å². The summed E-state index contributed by atoms with van der Waals surface area (Å²) < 4.78 is 5.75. The lowest BCUT2D eigenvalue weighted by Crippen LogP contribution is -2.25. The fraction of sp³-hybridized carbons (Fsp3) is 0.167. The number of carbonyl (C=O) groups is 1. The maximum atomic E-state index is 12.6. The molecular formula is C18H17N3O2S. The van der Waals surface area contributed by atoms with E-state index in [0.717, 1.165) is 9.88 Å². The summed E-state index contributed by atoms with van der Waals surface area (Å²) in [4.78, 5) is 23.5. The summed E-state index contributed by atoms with van der Waals surface area (Å²) >= 11 is 1.60. The number of carbonyl (C=O) groups excluding carboxylic acids is 1. The zero-order valence-electron chi connectivity index (χ0n) is 13.5. The summed E-state index contributed by atoms with van der Waals surface area (Å²) in [6, 6.07) is 10.7. The van der Waals surface area contributed by atoms with Crippen LogP contribution in [0.4, 0.5) is 0 Å². The average molecular weight is 339 g/mol. The van der Waals surface area contributed by atoms with Gasteiger partial charge < -0.3 is 9.64 Å². The Kier molecular flexibility index (Phi) is 4.86. The number of aryl methyl sites for hydroxylation is 1. The Balaban J connectivity index is 1.71. The molecule has 0 saturated carbocycles. The number of hydrogen-bond acceptors (Lipinski definition) is 5. The molecule has 5 nitrogen and oxygen atoms in total. The summed E-state index contributed by atoms with van der Waals surface area (Å²) in [5.41, 5.74) is 0.588. The van der Waals surface area contributed by atoms with Crippen LogP contribution in [-0.4, -0.2) is 27.8 Å². The first-order valence-electron chi connectivity index (χ1n) is 7.46. The van der Waals surface area contributed by atoms with E-state index in [4.69, 9.17) is 4.74 Å². The van der Waals surface area contributed by atoms with Crippen LogP contribution in [0.2, 0.25) is 0 Å². The number of aromatic nitrogens is 2. The van der Waals surface area contributed by atoms with Crippen LogP contribution in [0.3, 0.4) is 0 Å². The van der Waals surface area contributed by atoms with Gasteiger partial charge in [0.2, 0.25) is 0 Å². The number of thiazole rings is 1. The van der Waals surface area contributed by atoms with Gasteiger partial charge in [-0.05, 0) is 37.3 Å². The highest BCUT2D eigenvalue weighted by Crippen LogP contribution is 2.22. The molecule has 0 N–H and O–H groups in total. The fourth-order valence-corrected chi connectivity index (χ4v) is 3.09. The topological polar surface area (TPSA) is 55.3 Å². The lowest BCUT2D eigenvalue weighted by Gasteiger charge is -2.16. The van der Waals surface area contributed by atoms with E-state index in [9.17, 15) is 4.79 Å². The van der Waals surface area contributed by atoms with Crippen molar-refractivity contribution in [3.63, 3.8) is 0 Å². The third kappa shape index (κ3) is 3.97. The molecule has 1 aromatic carbocycles. The van der Waals surface area contributed by atoms with Crippen LogP contribution >= 0.6 is 11.3 Å². The van der Waals surface area contributed by atoms with Gasteiger partial charge in [0, 0.05) is 36.1 Å². The first kappa shape index (κ1) is 16.1. The highest BCUT2D eigenvalue weighted by molar-refractivity contribution is 7.11. The SMILES string of the molecule is Cc1ncc(CN(C)C(=O)c2cccc(Oc3ccncc3)c2)s1. The van der Waals surface area contributed by atoms with E-state index < -0.39 is 0 Å². The second-order valence-corrected chi connectivity index (χ2v) is 6.64. The predicted octanol–water partition coefficient (Wildman–Crippen LogP) is 3.91. The van der Waals surface area contributed by atoms with E-state index in [2.05, 4.69) is 9.97 Å². The number of nitrogens with zero attached hydrogens (tertiary/aromatic N) is 3. The predicted molar refractivity (Wildman–Crippen MR) is 93.4 cm³/mol. The van der Waals surface area contributed by atoms with Gasteiger partial charge in [-0.1, -0.05) is 6.07 Å². The Morgan fingerprint density at radius 1 is 1.21 bits per heavy atom. The third-order valence-corrected chi connectivity index (χ3v) is 4.27. The highest BCUT2D eigenvalue weighted by Gasteiger charge is 2.14. The molecule has 0 spiro atoms. The van der Waals surface area contributed by atoms with Gasteiger partial charge in [-0.2, -0.15) is 0 Å². The summed E-state index contributed by atoms with van der Waals surface area (Å²) in [5.74, 6) is 1.25. The number of benzene rings is 1. The number of pyridine rings is 1. The van der Waals surface area contributed by atoms with Crippen molar-refractivity contribution in [1.82, 2.24) is 14.9 Å². The monoisotopic (exact) mass is 339 g/mol. The van der Waals surface area contributed by atoms with Gasteiger partial charge in [0.1, 0.15) is 11.5 Å². The molecule has 6 heteroatoms. The summed E-state index contributed by atoms with van der Waals surface area (Å²) in [7, 11) is 1.79.